The molecule has 0 saturated heterocycles. The molecule has 0 aliphatic carbocycles. The summed E-state index contributed by atoms with van der Waals surface area (Å²) in [6, 6.07) is 7.24. The van der Waals surface area contributed by atoms with Crippen LogP contribution >= 0.6 is 0 Å². The normalized spacial score (nSPS) is 10.2. The molecule has 0 saturated carbocycles. The molecule has 1 rings (SSSR count). The van der Waals surface area contributed by atoms with Crippen LogP contribution in [0.3, 0.4) is 0 Å². The SMILES string of the molecule is NCCc1ccccc1C(=O)NCCOCC(=O)O. The van der Waals surface area contributed by atoms with Crippen molar-refractivity contribution in [1.29, 1.82) is 0 Å². The third-order valence-corrected chi connectivity index (χ3v) is 2.43. The Kier molecular flexibility index (Phi) is 6.56. The molecule has 0 fully saturated rings. The van der Waals surface area contributed by atoms with E-state index >= 15 is 0 Å². The predicted octanol–water partition coefficient (Wildman–Crippen LogP) is 0.0188. The molecular formula is C13H18N2O4. The maximum atomic E-state index is 11.9. The Labute approximate surface area is 111 Å². The van der Waals surface area contributed by atoms with Crippen molar-refractivity contribution in [3.63, 3.8) is 0 Å². The highest BCUT2D eigenvalue weighted by molar-refractivity contribution is 5.95. The van der Waals surface area contributed by atoms with Crippen LogP contribution in [0.5, 0.6) is 0 Å². The van der Waals surface area contributed by atoms with Crippen LogP contribution in [0.4, 0.5) is 0 Å². The van der Waals surface area contributed by atoms with Gasteiger partial charge in [-0.25, -0.2) is 4.79 Å². The highest BCUT2D eigenvalue weighted by atomic mass is 16.5. The van der Waals surface area contributed by atoms with Crippen molar-refractivity contribution >= 4 is 11.9 Å². The fourth-order valence-electron chi connectivity index (χ4n) is 1.61. The van der Waals surface area contributed by atoms with Crippen LogP contribution in [0, 0.1) is 0 Å². The maximum Gasteiger partial charge on any atom is 0.329 e. The topological polar surface area (TPSA) is 102 Å². The molecule has 4 N–H and O–H groups in total. The lowest BCUT2D eigenvalue weighted by Gasteiger charge is -2.09. The maximum absolute atomic E-state index is 11.9. The fourth-order valence-corrected chi connectivity index (χ4v) is 1.61. The Balaban J connectivity index is 2.43. The minimum Gasteiger partial charge on any atom is -0.480 e. The Morgan fingerprint density at radius 3 is 2.74 bits per heavy atom. The molecule has 1 aromatic carbocycles. The summed E-state index contributed by atoms with van der Waals surface area (Å²) in [5.74, 6) is -1.23. The quantitative estimate of drug-likeness (QED) is 0.576. The van der Waals surface area contributed by atoms with Crippen LogP contribution < -0.4 is 11.1 Å². The fraction of sp³-hybridized carbons (Fsp3) is 0.385. The molecule has 6 nitrogen and oxygen atoms in total. The van der Waals surface area contributed by atoms with Crippen molar-refractivity contribution < 1.29 is 19.4 Å². The van der Waals surface area contributed by atoms with Gasteiger partial charge in [0, 0.05) is 12.1 Å². The van der Waals surface area contributed by atoms with E-state index in [9.17, 15) is 9.59 Å². The lowest BCUT2D eigenvalue weighted by Crippen LogP contribution is -2.29. The van der Waals surface area contributed by atoms with Gasteiger partial charge >= 0.3 is 5.97 Å². The van der Waals surface area contributed by atoms with Crippen molar-refractivity contribution in [2.75, 3.05) is 26.3 Å². The first kappa shape index (κ1) is 15.1. The average molecular weight is 266 g/mol. The summed E-state index contributed by atoms with van der Waals surface area (Å²) in [7, 11) is 0. The molecule has 0 spiro atoms. The molecule has 0 aromatic heterocycles. The minimum atomic E-state index is -1.03. The second-order valence-electron chi connectivity index (χ2n) is 3.90. The smallest absolute Gasteiger partial charge is 0.329 e. The van der Waals surface area contributed by atoms with Crippen molar-refractivity contribution in [3.8, 4) is 0 Å². The van der Waals surface area contributed by atoms with Gasteiger partial charge in [0.2, 0.25) is 0 Å². The van der Waals surface area contributed by atoms with Crippen LogP contribution in [0.2, 0.25) is 0 Å². The molecule has 19 heavy (non-hydrogen) atoms. The highest BCUT2D eigenvalue weighted by Gasteiger charge is 2.09. The number of aliphatic carboxylic acids is 1. The summed E-state index contributed by atoms with van der Waals surface area (Å²) in [5, 5.41) is 11.0. The van der Waals surface area contributed by atoms with Crippen LogP contribution in [0.15, 0.2) is 24.3 Å². The van der Waals surface area contributed by atoms with Crippen molar-refractivity contribution in [2.24, 2.45) is 5.73 Å². The molecule has 0 radical (unpaired) electrons. The number of carboxylic acids is 1. The van der Waals surface area contributed by atoms with Gasteiger partial charge in [-0.3, -0.25) is 4.79 Å². The first-order valence-electron chi connectivity index (χ1n) is 6.01. The average Bonchev–Trinajstić information content (AvgIpc) is 2.39. The minimum absolute atomic E-state index is 0.164. The molecule has 0 atom stereocenters. The van der Waals surface area contributed by atoms with E-state index in [0.717, 1.165) is 5.56 Å². The van der Waals surface area contributed by atoms with Crippen LogP contribution in [0.1, 0.15) is 15.9 Å². The summed E-state index contributed by atoms with van der Waals surface area (Å²) in [4.78, 5) is 22.1. The molecule has 0 aliphatic rings. The number of benzene rings is 1. The van der Waals surface area contributed by atoms with Crippen molar-refractivity contribution in [2.45, 2.75) is 6.42 Å². The van der Waals surface area contributed by atoms with Crippen molar-refractivity contribution in [1.82, 2.24) is 5.32 Å². The molecule has 104 valence electrons. The summed E-state index contributed by atoms with van der Waals surface area (Å²) < 4.78 is 4.82. The summed E-state index contributed by atoms with van der Waals surface area (Å²) in [6.45, 7) is 0.547. The van der Waals surface area contributed by atoms with Gasteiger partial charge in [0.05, 0.1) is 6.61 Å². The Hall–Kier alpha value is -1.92. The number of carbonyl (C=O) groups excluding carboxylic acids is 1. The van der Waals surface area contributed by atoms with Crippen molar-refractivity contribution in [3.05, 3.63) is 35.4 Å². The standard InChI is InChI=1S/C13H18N2O4/c14-6-5-10-3-1-2-4-11(10)13(18)15-7-8-19-9-12(16)17/h1-4H,5-9,14H2,(H,15,18)(H,16,17). The van der Waals surface area contributed by atoms with Crippen LogP contribution in [0.25, 0.3) is 0 Å². The van der Waals surface area contributed by atoms with Gasteiger partial charge in [0.15, 0.2) is 0 Å². The third-order valence-electron chi connectivity index (χ3n) is 2.43. The van der Waals surface area contributed by atoms with E-state index in [1.807, 2.05) is 12.1 Å². The van der Waals surface area contributed by atoms with Gasteiger partial charge in [-0.05, 0) is 24.6 Å². The lowest BCUT2D eigenvalue weighted by molar-refractivity contribution is -0.142. The third kappa shape index (κ3) is 5.50. The summed E-state index contributed by atoms with van der Waals surface area (Å²) in [6.07, 6.45) is 0.638. The van der Waals surface area contributed by atoms with E-state index in [0.29, 0.717) is 18.5 Å². The predicted molar refractivity (Wildman–Crippen MR) is 70.0 cm³/mol. The molecule has 1 aromatic rings. The monoisotopic (exact) mass is 266 g/mol. The summed E-state index contributed by atoms with van der Waals surface area (Å²) in [5.41, 5.74) is 6.98. The molecule has 0 unspecified atom stereocenters. The van der Waals surface area contributed by atoms with Gasteiger partial charge in [0.25, 0.3) is 5.91 Å². The van der Waals surface area contributed by atoms with E-state index in [2.05, 4.69) is 5.32 Å². The van der Waals surface area contributed by atoms with Crippen LogP contribution in [-0.4, -0.2) is 43.3 Å². The van der Waals surface area contributed by atoms with Gasteiger partial charge in [-0.15, -0.1) is 0 Å². The largest absolute Gasteiger partial charge is 0.480 e. The second kappa shape index (κ2) is 8.23. The highest BCUT2D eigenvalue weighted by Crippen LogP contribution is 2.08. The molecular weight excluding hydrogens is 248 g/mol. The van der Waals surface area contributed by atoms with Gasteiger partial charge < -0.3 is 20.9 Å². The number of ether oxygens (including phenoxy) is 1. The van der Waals surface area contributed by atoms with E-state index in [1.165, 1.54) is 0 Å². The van der Waals surface area contributed by atoms with Gasteiger partial charge in [0.1, 0.15) is 6.61 Å². The zero-order valence-corrected chi connectivity index (χ0v) is 10.6. The number of carboxylic acid groups (broad SMARTS) is 1. The zero-order chi connectivity index (χ0) is 14.1. The number of hydrogen-bond donors (Lipinski definition) is 3. The van der Waals surface area contributed by atoms with Gasteiger partial charge in [-0.2, -0.15) is 0 Å². The van der Waals surface area contributed by atoms with Gasteiger partial charge in [-0.1, -0.05) is 18.2 Å². The number of nitrogens with one attached hydrogen (secondary N) is 1. The van der Waals surface area contributed by atoms with E-state index < -0.39 is 5.97 Å². The molecule has 0 aliphatic heterocycles. The Bertz CT molecular complexity index is 434. The number of rotatable bonds is 8. The molecule has 0 heterocycles. The Morgan fingerprint density at radius 2 is 2.05 bits per heavy atom. The number of nitrogens with two attached hydrogens (primary N) is 1. The first-order valence-corrected chi connectivity index (χ1v) is 6.01. The number of amides is 1. The molecule has 6 heteroatoms. The van der Waals surface area contributed by atoms with Crippen LogP contribution in [-0.2, 0) is 16.0 Å². The molecule has 0 bridgehead atoms. The van der Waals surface area contributed by atoms with E-state index in [4.69, 9.17) is 15.6 Å². The Morgan fingerprint density at radius 1 is 1.32 bits per heavy atom. The molecule has 1 amide bonds. The summed E-state index contributed by atoms with van der Waals surface area (Å²) >= 11 is 0. The first-order chi connectivity index (χ1) is 9.15. The second-order valence-corrected chi connectivity index (χ2v) is 3.90. The zero-order valence-electron chi connectivity index (χ0n) is 10.6. The van der Waals surface area contributed by atoms with E-state index in [1.54, 1.807) is 12.1 Å². The lowest BCUT2D eigenvalue weighted by atomic mass is 10.0. The van der Waals surface area contributed by atoms with E-state index in [-0.39, 0.29) is 25.7 Å². The number of carbonyl (C=O) groups is 2. The number of hydrogen-bond acceptors (Lipinski definition) is 4.